The Bertz CT molecular complexity index is 714. The summed E-state index contributed by atoms with van der Waals surface area (Å²) in [6.07, 6.45) is 2.75. The van der Waals surface area contributed by atoms with Crippen molar-refractivity contribution in [3.8, 4) is 0 Å². The molecule has 0 saturated carbocycles. The van der Waals surface area contributed by atoms with Gasteiger partial charge >= 0.3 is 5.97 Å². The third-order valence-corrected chi connectivity index (χ3v) is 2.72. The number of carbonyl (C=O) groups excluding carboxylic acids is 2. The Hall–Kier alpha value is -2.44. The molecule has 2 rings (SSSR count). The summed E-state index contributed by atoms with van der Waals surface area (Å²) < 4.78 is 7.42. The number of esters is 1. The van der Waals surface area contributed by atoms with Gasteiger partial charge in [0, 0.05) is 12.4 Å². The predicted molar refractivity (Wildman–Crippen MR) is 70.4 cm³/mol. The standard InChI is InChI=1S/C13H15N3O4/c1-3-20-12(18)7-10(17)8-15-4-5-16-11(13(15)19)6-9(2)14-16/h4-6H,3,7-8H2,1-2H3. The summed E-state index contributed by atoms with van der Waals surface area (Å²) in [5.41, 5.74) is 0.803. The van der Waals surface area contributed by atoms with Crippen LogP contribution in [0, 0.1) is 6.92 Å². The lowest BCUT2D eigenvalue weighted by molar-refractivity contribution is -0.145. The number of Topliss-reactive ketones (excluding diaryl/α,β-unsaturated/α-hetero) is 1. The molecule has 0 unspecified atom stereocenters. The van der Waals surface area contributed by atoms with Crippen LogP contribution in [0.25, 0.3) is 5.52 Å². The van der Waals surface area contributed by atoms with Gasteiger partial charge in [0.1, 0.15) is 11.9 Å². The van der Waals surface area contributed by atoms with Crippen molar-refractivity contribution in [1.29, 1.82) is 0 Å². The molecule has 7 heteroatoms. The Morgan fingerprint density at radius 3 is 2.80 bits per heavy atom. The van der Waals surface area contributed by atoms with Gasteiger partial charge in [-0.05, 0) is 19.9 Å². The van der Waals surface area contributed by atoms with Crippen molar-refractivity contribution >= 4 is 17.3 Å². The number of fused-ring (bicyclic) bond motifs is 1. The molecule has 0 aliphatic heterocycles. The molecule has 0 aromatic carbocycles. The molecule has 0 radical (unpaired) electrons. The van der Waals surface area contributed by atoms with Crippen LogP contribution in [0.4, 0.5) is 0 Å². The number of rotatable bonds is 5. The molecule has 106 valence electrons. The zero-order chi connectivity index (χ0) is 14.7. The lowest BCUT2D eigenvalue weighted by Gasteiger charge is -2.05. The van der Waals surface area contributed by atoms with Crippen molar-refractivity contribution in [2.75, 3.05) is 6.61 Å². The fourth-order valence-corrected chi connectivity index (χ4v) is 1.89. The van der Waals surface area contributed by atoms with Gasteiger partial charge in [-0.1, -0.05) is 0 Å². The maximum atomic E-state index is 12.1. The summed E-state index contributed by atoms with van der Waals surface area (Å²) in [5, 5.41) is 4.11. The fraction of sp³-hybridized carbons (Fsp3) is 0.385. The SMILES string of the molecule is CCOC(=O)CC(=O)Cn1ccn2nc(C)cc2c1=O. The van der Waals surface area contributed by atoms with Gasteiger partial charge in [-0.2, -0.15) is 5.10 Å². The molecule has 7 nitrogen and oxygen atoms in total. The van der Waals surface area contributed by atoms with Crippen molar-refractivity contribution in [3.05, 3.63) is 34.5 Å². The van der Waals surface area contributed by atoms with Gasteiger partial charge in [0.25, 0.3) is 5.56 Å². The Labute approximate surface area is 114 Å². The first kappa shape index (κ1) is 14.0. The number of carbonyl (C=O) groups is 2. The summed E-state index contributed by atoms with van der Waals surface area (Å²) in [7, 11) is 0. The van der Waals surface area contributed by atoms with Gasteiger partial charge < -0.3 is 9.30 Å². The number of aryl methyl sites for hydroxylation is 1. The number of nitrogens with zero attached hydrogens (tertiary/aromatic N) is 3. The van der Waals surface area contributed by atoms with Crippen LogP contribution in [0.2, 0.25) is 0 Å². The summed E-state index contributed by atoms with van der Waals surface area (Å²) >= 11 is 0. The van der Waals surface area contributed by atoms with E-state index in [1.807, 2.05) is 0 Å². The van der Waals surface area contributed by atoms with E-state index in [9.17, 15) is 14.4 Å². The lowest BCUT2D eigenvalue weighted by Crippen LogP contribution is -2.26. The average Bonchev–Trinajstić information content (AvgIpc) is 2.74. The van der Waals surface area contributed by atoms with Crippen LogP contribution >= 0.6 is 0 Å². The minimum Gasteiger partial charge on any atom is -0.466 e. The Balaban J connectivity index is 2.17. The topological polar surface area (TPSA) is 82.7 Å². The maximum Gasteiger partial charge on any atom is 0.313 e. The zero-order valence-electron chi connectivity index (χ0n) is 11.3. The van der Waals surface area contributed by atoms with Crippen LogP contribution in [0.5, 0.6) is 0 Å². The van der Waals surface area contributed by atoms with Crippen molar-refractivity contribution < 1.29 is 14.3 Å². The largest absolute Gasteiger partial charge is 0.466 e. The quantitative estimate of drug-likeness (QED) is 0.581. The van der Waals surface area contributed by atoms with Gasteiger partial charge in [0.15, 0.2) is 5.78 Å². The normalized spacial score (nSPS) is 10.7. The second-order valence-corrected chi connectivity index (χ2v) is 4.37. The summed E-state index contributed by atoms with van der Waals surface area (Å²) in [6.45, 7) is 3.52. The van der Waals surface area contributed by atoms with Crippen LogP contribution in [-0.4, -0.2) is 32.5 Å². The van der Waals surface area contributed by atoms with Gasteiger partial charge in [-0.25, -0.2) is 4.52 Å². The average molecular weight is 277 g/mol. The first-order valence-corrected chi connectivity index (χ1v) is 6.24. The monoisotopic (exact) mass is 277 g/mol. The molecule has 0 saturated heterocycles. The van der Waals surface area contributed by atoms with Crippen LogP contribution in [0.15, 0.2) is 23.3 Å². The van der Waals surface area contributed by atoms with E-state index in [1.54, 1.807) is 26.1 Å². The van der Waals surface area contributed by atoms with Gasteiger partial charge in [0.05, 0.1) is 18.8 Å². The molecule has 0 amide bonds. The molecule has 20 heavy (non-hydrogen) atoms. The van der Waals surface area contributed by atoms with E-state index in [0.29, 0.717) is 5.52 Å². The van der Waals surface area contributed by atoms with Crippen molar-refractivity contribution in [2.24, 2.45) is 0 Å². The Kier molecular flexibility index (Phi) is 3.97. The fourth-order valence-electron chi connectivity index (χ4n) is 1.89. The van der Waals surface area contributed by atoms with E-state index < -0.39 is 5.97 Å². The van der Waals surface area contributed by atoms with Crippen LogP contribution in [0.3, 0.4) is 0 Å². The minimum atomic E-state index is -0.577. The highest BCUT2D eigenvalue weighted by molar-refractivity contribution is 5.95. The summed E-state index contributed by atoms with van der Waals surface area (Å²) in [5.74, 6) is -0.946. The molecule has 0 spiro atoms. The predicted octanol–water partition coefficient (Wildman–Crippen LogP) is 0.327. The van der Waals surface area contributed by atoms with Crippen LogP contribution in [-0.2, 0) is 20.9 Å². The molecule has 2 aromatic heterocycles. The molecule has 0 fully saturated rings. The number of aromatic nitrogens is 3. The second-order valence-electron chi connectivity index (χ2n) is 4.37. The first-order valence-electron chi connectivity index (χ1n) is 6.24. The Morgan fingerprint density at radius 2 is 2.10 bits per heavy atom. The number of hydrogen-bond acceptors (Lipinski definition) is 5. The molecule has 0 aliphatic carbocycles. The lowest BCUT2D eigenvalue weighted by atomic mass is 10.3. The molecular formula is C13H15N3O4. The minimum absolute atomic E-state index is 0.154. The van der Waals surface area contributed by atoms with E-state index in [4.69, 9.17) is 4.74 Å². The maximum absolute atomic E-state index is 12.1. The van der Waals surface area contributed by atoms with Crippen LogP contribution < -0.4 is 5.56 Å². The number of hydrogen-bond donors (Lipinski definition) is 0. The zero-order valence-corrected chi connectivity index (χ0v) is 11.3. The van der Waals surface area contributed by atoms with E-state index in [1.165, 1.54) is 15.3 Å². The van der Waals surface area contributed by atoms with E-state index >= 15 is 0 Å². The molecule has 0 aliphatic rings. The number of ether oxygens (including phenoxy) is 1. The van der Waals surface area contributed by atoms with Gasteiger partial charge in [-0.15, -0.1) is 0 Å². The molecule has 2 aromatic rings. The highest BCUT2D eigenvalue weighted by Gasteiger charge is 2.13. The summed E-state index contributed by atoms with van der Waals surface area (Å²) in [6, 6.07) is 1.65. The summed E-state index contributed by atoms with van der Waals surface area (Å²) in [4.78, 5) is 35.0. The third kappa shape index (κ3) is 2.93. The second kappa shape index (κ2) is 5.68. The highest BCUT2D eigenvalue weighted by Crippen LogP contribution is 2.00. The molecular weight excluding hydrogens is 262 g/mol. The van der Waals surface area contributed by atoms with E-state index in [0.717, 1.165) is 5.69 Å². The molecule has 0 bridgehead atoms. The van der Waals surface area contributed by atoms with Gasteiger partial charge in [0.2, 0.25) is 0 Å². The smallest absolute Gasteiger partial charge is 0.313 e. The van der Waals surface area contributed by atoms with Gasteiger partial charge in [-0.3, -0.25) is 14.4 Å². The third-order valence-electron chi connectivity index (χ3n) is 2.72. The molecule has 0 N–H and O–H groups in total. The highest BCUT2D eigenvalue weighted by atomic mass is 16.5. The van der Waals surface area contributed by atoms with E-state index in [-0.39, 0.29) is 30.9 Å². The van der Waals surface area contributed by atoms with Crippen molar-refractivity contribution in [3.63, 3.8) is 0 Å². The first-order chi connectivity index (χ1) is 9.51. The Morgan fingerprint density at radius 1 is 1.35 bits per heavy atom. The van der Waals surface area contributed by atoms with Crippen molar-refractivity contribution in [1.82, 2.24) is 14.2 Å². The molecule has 0 atom stereocenters. The van der Waals surface area contributed by atoms with E-state index in [2.05, 4.69) is 5.10 Å². The van der Waals surface area contributed by atoms with Crippen molar-refractivity contribution in [2.45, 2.75) is 26.8 Å². The molecule has 2 heterocycles. The number of ketones is 1. The van der Waals surface area contributed by atoms with Crippen LogP contribution in [0.1, 0.15) is 19.0 Å².